The number of rotatable bonds is 14. The van der Waals surface area contributed by atoms with Crippen LogP contribution in [0.15, 0.2) is 144 Å². The first kappa shape index (κ1) is 50.7. The van der Waals surface area contributed by atoms with E-state index in [9.17, 15) is 40.6 Å². The number of aromatic nitrogens is 2. The van der Waals surface area contributed by atoms with Crippen molar-refractivity contribution < 1.29 is 35.8 Å². The number of fused-ring (bicyclic) bond motifs is 1. The number of aromatic amines is 1. The molecule has 2 aliphatic rings. The minimum absolute atomic E-state index is 0.0252. The molecule has 368 valence electrons. The molecular weight excluding hydrogens is 929 g/mol. The maximum atomic E-state index is 13.5. The highest BCUT2D eigenvalue weighted by molar-refractivity contribution is 6.31. The molecule has 0 radical (unpaired) electrons. The van der Waals surface area contributed by atoms with Crippen LogP contribution in [0.5, 0.6) is 0 Å². The number of aliphatic hydroxyl groups is 1. The molecule has 3 heterocycles. The van der Waals surface area contributed by atoms with E-state index in [0.717, 1.165) is 104 Å². The van der Waals surface area contributed by atoms with Crippen molar-refractivity contribution >= 4 is 22.6 Å². The molecule has 2 aliphatic heterocycles. The van der Waals surface area contributed by atoms with Crippen LogP contribution in [-0.2, 0) is 11.8 Å². The summed E-state index contributed by atoms with van der Waals surface area (Å²) in [6.45, 7) is 4.69. The highest BCUT2D eigenvalue weighted by Crippen LogP contribution is 2.40. The van der Waals surface area contributed by atoms with Crippen molar-refractivity contribution in [2.24, 2.45) is 0 Å². The molecule has 0 amide bonds. The Hall–Kier alpha value is -5.73. The monoisotopic (exact) mass is 984 g/mol. The van der Waals surface area contributed by atoms with Gasteiger partial charge in [0.25, 0.3) is 0 Å². The summed E-state index contributed by atoms with van der Waals surface area (Å²) in [4.78, 5) is 20.1. The lowest BCUT2D eigenvalue weighted by atomic mass is 9.83. The van der Waals surface area contributed by atoms with Crippen LogP contribution in [0.3, 0.4) is 0 Å². The SMILES string of the molecule is O=c1[nH]c2ccccc2n1C1CCN(CCCC(c2ccc(F)cc2)c2ccc(F)cc2)CC1.OC1(c2ccc(Cl)c(C(F)(F)F)c2)CCN(CCCC(c2ccc(F)cc2)c2ccc(F)cc2)CC1. The van der Waals surface area contributed by atoms with Gasteiger partial charge in [0, 0.05) is 44.1 Å². The van der Waals surface area contributed by atoms with Crippen LogP contribution < -0.4 is 5.69 Å². The molecule has 7 aromatic rings. The van der Waals surface area contributed by atoms with Crippen molar-refractivity contribution in [3.05, 3.63) is 212 Å². The minimum atomic E-state index is -4.59. The Morgan fingerprint density at radius 1 is 0.614 bits per heavy atom. The first-order valence-electron chi connectivity index (χ1n) is 23.9. The van der Waals surface area contributed by atoms with Crippen LogP contribution in [0.4, 0.5) is 30.7 Å². The Labute approximate surface area is 408 Å². The summed E-state index contributed by atoms with van der Waals surface area (Å²) in [5.74, 6) is -1.07. The number of benzene rings is 6. The molecule has 0 unspecified atom stereocenters. The van der Waals surface area contributed by atoms with Gasteiger partial charge in [0.1, 0.15) is 23.3 Å². The van der Waals surface area contributed by atoms with Gasteiger partial charge in [0.2, 0.25) is 0 Å². The Balaban J connectivity index is 0.000000188. The number of hydrogen-bond donors (Lipinski definition) is 2. The lowest BCUT2D eigenvalue weighted by Gasteiger charge is -2.39. The summed E-state index contributed by atoms with van der Waals surface area (Å²) >= 11 is 5.73. The topological polar surface area (TPSA) is 64.5 Å². The molecule has 9 rings (SSSR count). The number of para-hydroxylation sites is 2. The Kier molecular flexibility index (Phi) is 16.3. The zero-order valence-corrected chi connectivity index (χ0v) is 39.4. The predicted molar refractivity (Wildman–Crippen MR) is 261 cm³/mol. The van der Waals surface area contributed by atoms with Gasteiger partial charge < -0.3 is 19.9 Å². The van der Waals surface area contributed by atoms with E-state index >= 15 is 0 Å². The average Bonchev–Trinajstić information content (AvgIpc) is 3.69. The van der Waals surface area contributed by atoms with E-state index in [-0.39, 0.29) is 57.4 Å². The number of H-pyrrole nitrogens is 1. The molecule has 70 heavy (non-hydrogen) atoms. The number of imidazole rings is 1. The second kappa shape index (κ2) is 22.6. The molecule has 6 aromatic carbocycles. The third kappa shape index (κ3) is 12.6. The molecule has 14 heteroatoms. The fourth-order valence-corrected chi connectivity index (χ4v) is 10.4. The van der Waals surface area contributed by atoms with Gasteiger partial charge in [-0.2, -0.15) is 13.2 Å². The van der Waals surface area contributed by atoms with Gasteiger partial charge >= 0.3 is 11.9 Å². The fraction of sp³-hybridized carbons (Fsp3) is 0.339. The van der Waals surface area contributed by atoms with Crippen molar-refractivity contribution in [2.75, 3.05) is 39.3 Å². The molecule has 6 nitrogen and oxygen atoms in total. The normalized spacial score (nSPS) is 15.9. The second-order valence-electron chi connectivity index (χ2n) is 18.6. The van der Waals surface area contributed by atoms with E-state index in [1.54, 1.807) is 24.3 Å². The van der Waals surface area contributed by atoms with E-state index in [1.807, 2.05) is 53.1 Å². The van der Waals surface area contributed by atoms with Gasteiger partial charge in [-0.05, 0) is 165 Å². The largest absolute Gasteiger partial charge is 0.417 e. The molecule has 0 aliphatic carbocycles. The van der Waals surface area contributed by atoms with E-state index in [0.29, 0.717) is 25.9 Å². The van der Waals surface area contributed by atoms with Gasteiger partial charge in [-0.15, -0.1) is 0 Å². The van der Waals surface area contributed by atoms with Gasteiger partial charge in [-0.25, -0.2) is 22.4 Å². The minimum Gasteiger partial charge on any atom is -0.385 e. The van der Waals surface area contributed by atoms with E-state index in [1.165, 1.54) is 60.7 Å². The number of nitrogens with one attached hydrogen (secondary N) is 1. The zero-order chi connectivity index (χ0) is 49.4. The third-order valence-corrected chi connectivity index (χ3v) is 14.4. The average molecular weight is 986 g/mol. The lowest BCUT2D eigenvalue weighted by Crippen LogP contribution is -2.43. The summed E-state index contributed by atoms with van der Waals surface area (Å²) in [5.41, 5.74) is 3.77. The summed E-state index contributed by atoms with van der Waals surface area (Å²) in [6, 6.07) is 37.6. The molecular formula is C56H56ClF7N4O2. The molecule has 2 N–H and O–H groups in total. The molecule has 0 atom stereocenters. The quantitative estimate of drug-likeness (QED) is 0.107. The smallest absolute Gasteiger partial charge is 0.385 e. The van der Waals surface area contributed by atoms with Crippen molar-refractivity contribution in [2.45, 2.75) is 81.0 Å². The zero-order valence-electron chi connectivity index (χ0n) is 38.6. The standard InChI is InChI=1S/C28H27ClF5NO.C28H29F2N3O/c29-26-12-7-21(18-25(26)28(32,33)34)27(36)13-16-35(17-14-27)15-1-2-24(19-3-8-22(30)9-4-19)20-5-10-23(31)11-6-20;29-22-11-7-20(8-12-22)25(21-9-13-23(30)14-10-21)4-3-17-32-18-15-24(16-19-32)33-27-6-2-1-5-26(27)31-28(33)34/h3-12,18,24,36H,1-2,13-17H2;1-2,5-14,24-25H,3-4,15-19H2,(H,31,34). The number of alkyl halides is 3. The second-order valence-corrected chi connectivity index (χ2v) is 19.0. The molecule has 0 bridgehead atoms. The van der Waals surface area contributed by atoms with Crippen LogP contribution in [0.2, 0.25) is 5.02 Å². The first-order valence-corrected chi connectivity index (χ1v) is 24.3. The number of halogens is 8. The van der Waals surface area contributed by atoms with E-state index in [2.05, 4.69) is 14.8 Å². The summed E-state index contributed by atoms with van der Waals surface area (Å²) in [7, 11) is 0. The van der Waals surface area contributed by atoms with Crippen LogP contribution in [0.25, 0.3) is 11.0 Å². The summed E-state index contributed by atoms with van der Waals surface area (Å²) in [6.07, 6.45) is 1.37. The van der Waals surface area contributed by atoms with E-state index in [4.69, 9.17) is 11.6 Å². The van der Waals surface area contributed by atoms with Crippen molar-refractivity contribution in [1.82, 2.24) is 19.4 Å². The third-order valence-electron chi connectivity index (χ3n) is 14.1. The fourth-order valence-electron chi connectivity index (χ4n) is 10.2. The van der Waals surface area contributed by atoms with Crippen LogP contribution in [0, 0.1) is 23.3 Å². The van der Waals surface area contributed by atoms with Gasteiger partial charge in [0.05, 0.1) is 27.2 Å². The predicted octanol–water partition coefficient (Wildman–Crippen LogP) is 13.4. The highest BCUT2D eigenvalue weighted by atomic mass is 35.5. The molecule has 0 spiro atoms. The lowest BCUT2D eigenvalue weighted by molar-refractivity contribution is -0.137. The first-order chi connectivity index (χ1) is 33.6. The maximum absolute atomic E-state index is 13.5. The molecule has 1 aromatic heterocycles. The van der Waals surface area contributed by atoms with Crippen LogP contribution in [-0.4, -0.2) is 63.7 Å². The van der Waals surface area contributed by atoms with Crippen molar-refractivity contribution in [3.63, 3.8) is 0 Å². The summed E-state index contributed by atoms with van der Waals surface area (Å²) in [5, 5.41) is 10.7. The number of likely N-dealkylation sites (tertiary alicyclic amines) is 2. The number of piperidine rings is 2. The maximum Gasteiger partial charge on any atom is 0.417 e. The van der Waals surface area contributed by atoms with Crippen molar-refractivity contribution in [3.8, 4) is 0 Å². The van der Waals surface area contributed by atoms with Gasteiger partial charge in [-0.1, -0.05) is 78.3 Å². The Morgan fingerprint density at radius 2 is 1.04 bits per heavy atom. The molecule has 2 saturated heterocycles. The Bertz CT molecular complexity index is 2740. The van der Waals surface area contributed by atoms with Crippen LogP contribution in [0.1, 0.15) is 103 Å². The summed E-state index contributed by atoms with van der Waals surface area (Å²) < 4.78 is 95.5. The molecule has 2 fully saturated rings. The molecule has 0 saturated carbocycles. The van der Waals surface area contributed by atoms with E-state index < -0.39 is 17.3 Å². The number of hydrogen-bond acceptors (Lipinski definition) is 4. The highest BCUT2D eigenvalue weighted by Gasteiger charge is 2.38. The van der Waals surface area contributed by atoms with Gasteiger partial charge in [0.15, 0.2) is 0 Å². The number of nitrogens with zero attached hydrogens (tertiary/aromatic N) is 3. The Morgan fingerprint density at radius 3 is 1.49 bits per heavy atom. The van der Waals surface area contributed by atoms with Gasteiger partial charge in [-0.3, -0.25) is 4.57 Å². The van der Waals surface area contributed by atoms with Crippen LogP contribution >= 0.6 is 11.6 Å². The van der Waals surface area contributed by atoms with Crippen molar-refractivity contribution in [1.29, 1.82) is 0 Å².